The van der Waals surface area contributed by atoms with Gasteiger partial charge in [-0.15, -0.1) is 0 Å². The van der Waals surface area contributed by atoms with E-state index in [-0.39, 0.29) is 12.5 Å². The van der Waals surface area contributed by atoms with E-state index < -0.39 is 11.9 Å². The molecule has 0 fully saturated rings. The van der Waals surface area contributed by atoms with Gasteiger partial charge in [0.25, 0.3) is 0 Å². The molecule has 0 radical (unpaired) electrons. The topological polar surface area (TPSA) is 87.7 Å². The van der Waals surface area contributed by atoms with Crippen LogP contribution in [0, 0.1) is 0 Å². The number of carbonyl (C=O) groups excluding carboxylic acids is 2. The number of hydrogen-bond donors (Lipinski definition) is 1. The molecule has 1 aliphatic heterocycles. The summed E-state index contributed by atoms with van der Waals surface area (Å²) in [7, 11) is 0. The van der Waals surface area contributed by atoms with E-state index >= 15 is 0 Å². The van der Waals surface area contributed by atoms with E-state index in [2.05, 4.69) is 5.32 Å². The van der Waals surface area contributed by atoms with Gasteiger partial charge in [0, 0.05) is 6.92 Å². The first-order valence-corrected chi connectivity index (χ1v) is 5.16. The Morgan fingerprint density at radius 3 is 2.72 bits per heavy atom. The van der Waals surface area contributed by atoms with Crippen molar-refractivity contribution in [1.29, 1.82) is 0 Å². The number of ether oxygens (including phenoxy) is 2. The van der Waals surface area contributed by atoms with Gasteiger partial charge in [0.1, 0.15) is 0 Å². The van der Waals surface area contributed by atoms with Gasteiger partial charge >= 0.3 is 0 Å². The quantitative estimate of drug-likeness (QED) is 0.738. The average molecular weight is 248 g/mol. The molecule has 1 amide bonds. The lowest BCUT2D eigenvalue weighted by Crippen LogP contribution is -2.34. The standard InChI is InChI=1S/C12H11NO5/c1-7(14)13-9(12(15)16)4-8-2-3-10-11(5-8)18-6-17-10/h2-5H,6H2,1H3,(H,13,14)(H,15,16)/p-1/b9-4+. The van der Waals surface area contributed by atoms with Crippen LogP contribution >= 0.6 is 0 Å². The normalized spacial score (nSPS) is 13.3. The van der Waals surface area contributed by atoms with Crippen LogP contribution in [0.4, 0.5) is 0 Å². The summed E-state index contributed by atoms with van der Waals surface area (Å²) in [5.74, 6) is -0.806. The summed E-state index contributed by atoms with van der Waals surface area (Å²) in [4.78, 5) is 21.7. The second-order valence-corrected chi connectivity index (χ2v) is 3.64. The van der Waals surface area contributed by atoms with Crippen LogP contribution in [0.5, 0.6) is 11.5 Å². The first-order chi connectivity index (χ1) is 8.56. The predicted octanol–water partition coefficient (Wildman–Crippen LogP) is -0.358. The highest BCUT2D eigenvalue weighted by Gasteiger charge is 2.12. The van der Waals surface area contributed by atoms with Gasteiger partial charge in [-0.2, -0.15) is 0 Å². The van der Waals surface area contributed by atoms with Gasteiger partial charge in [-0.1, -0.05) is 6.07 Å². The molecule has 18 heavy (non-hydrogen) atoms. The zero-order valence-electron chi connectivity index (χ0n) is 9.56. The van der Waals surface area contributed by atoms with Crippen LogP contribution in [-0.2, 0) is 9.59 Å². The average Bonchev–Trinajstić information content (AvgIpc) is 2.74. The molecule has 1 N–H and O–H groups in total. The molecule has 1 aromatic carbocycles. The van der Waals surface area contributed by atoms with Gasteiger partial charge in [-0.25, -0.2) is 0 Å². The van der Waals surface area contributed by atoms with Crippen molar-refractivity contribution in [3.8, 4) is 11.5 Å². The van der Waals surface area contributed by atoms with Crippen molar-refractivity contribution >= 4 is 18.0 Å². The van der Waals surface area contributed by atoms with Crippen molar-refractivity contribution in [3.05, 3.63) is 29.5 Å². The fraction of sp³-hybridized carbons (Fsp3) is 0.167. The zero-order valence-corrected chi connectivity index (χ0v) is 9.56. The predicted molar refractivity (Wildman–Crippen MR) is 59.4 cm³/mol. The van der Waals surface area contributed by atoms with Crippen LogP contribution in [0.25, 0.3) is 6.08 Å². The van der Waals surface area contributed by atoms with Crippen LogP contribution in [0.1, 0.15) is 12.5 Å². The van der Waals surface area contributed by atoms with Gasteiger partial charge in [-0.3, -0.25) is 4.79 Å². The number of hydrogen-bond acceptors (Lipinski definition) is 5. The Bertz CT molecular complexity index is 535. The second kappa shape index (κ2) is 4.79. The Morgan fingerprint density at radius 2 is 2.06 bits per heavy atom. The molecular weight excluding hydrogens is 238 g/mol. The minimum absolute atomic E-state index is 0.140. The molecule has 0 aromatic heterocycles. The fourth-order valence-corrected chi connectivity index (χ4v) is 1.51. The molecule has 1 heterocycles. The second-order valence-electron chi connectivity index (χ2n) is 3.64. The van der Waals surface area contributed by atoms with Crippen LogP contribution in [0.15, 0.2) is 23.9 Å². The minimum atomic E-state index is -1.46. The molecule has 0 aliphatic carbocycles. The van der Waals surface area contributed by atoms with Crippen molar-refractivity contribution in [2.75, 3.05) is 6.79 Å². The molecule has 2 rings (SSSR count). The third-order valence-corrected chi connectivity index (χ3v) is 2.24. The number of rotatable bonds is 3. The van der Waals surface area contributed by atoms with Gasteiger partial charge in [0.2, 0.25) is 12.7 Å². The molecule has 94 valence electrons. The van der Waals surface area contributed by atoms with Gasteiger partial charge in [0.05, 0.1) is 11.7 Å². The molecule has 6 nitrogen and oxygen atoms in total. The van der Waals surface area contributed by atoms with Crippen LogP contribution < -0.4 is 19.9 Å². The summed E-state index contributed by atoms with van der Waals surface area (Å²) < 4.78 is 10.3. The van der Waals surface area contributed by atoms with Crippen molar-refractivity contribution in [2.24, 2.45) is 0 Å². The van der Waals surface area contributed by atoms with E-state index in [1.54, 1.807) is 18.2 Å². The Morgan fingerprint density at radius 1 is 1.33 bits per heavy atom. The Kier molecular flexibility index (Phi) is 3.18. The molecule has 0 saturated carbocycles. The summed E-state index contributed by atoms with van der Waals surface area (Å²) in [5.41, 5.74) is 0.258. The van der Waals surface area contributed by atoms with Crippen molar-refractivity contribution in [2.45, 2.75) is 6.92 Å². The fourth-order valence-electron chi connectivity index (χ4n) is 1.51. The van der Waals surface area contributed by atoms with Crippen molar-refractivity contribution < 1.29 is 24.2 Å². The van der Waals surface area contributed by atoms with Crippen molar-refractivity contribution in [3.63, 3.8) is 0 Å². The number of carboxylic acid groups (broad SMARTS) is 1. The van der Waals surface area contributed by atoms with Gasteiger partial charge < -0.3 is 24.7 Å². The maximum absolute atomic E-state index is 10.8. The summed E-state index contributed by atoms with van der Waals surface area (Å²) in [5, 5.41) is 13.0. The smallest absolute Gasteiger partial charge is 0.231 e. The van der Waals surface area contributed by atoms with Crippen LogP contribution in [0.2, 0.25) is 0 Å². The highest BCUT2D eigenvalue weighted by atomic mass is 16.7. The van der Waals surface area contributed by atoms with Crippen LogP contribution in [0.3, 0.4) is 0 Å². The molecule has 1 aromatic rings. The molecule has 0 saturated heterocycles. The van der Waals surface area contributed by atoms with Gasteiger partial charge in [0.15, 0.2) is 11.5 Å². The summed E-state index contributed by atoms with van der Waals surface area (Å²) in [6.45, 7) is 1.36. The van der Waals surface area contributed by atoms with E-state index in [9.17, 15) is 14.7 Å². The van der Waals surface area contributed by atoms with E-state index in [1.165, 1.54) is 13.0 Å². The van der Waals surface area contributed by atoms with E-state index in [0.29, 0.717) is 17.1 Å². The first-order valence-electron chi connectivity index (χ1n) is 5.16. The first kappa shape index (κ1) is 12.0. The maximum atomic E-state index is 10.8. The largest absolute Gasteiger partial charge is 0.543 e. The summed E-state index contributed by atoms with van der Waals surface area (Å²) in [6, 6.07) is 4.93. The molecule has 0 spiro atoms. The monoisotopic (exact) mass is 248 g/mol. The number of nitrogens with one attached hydrogen (secondary N) is 1. The Balaban J connectivity index is 2.29. The highest BCUT2D eigenvalue weighted by Crippen LogP contribution is 2.32. The molecule has 6 heteroatoms. The third kappa shape index (κ3) is 2.60. The lowest BCUT2D eigenvalue weighted by molar-refractivity contribution is -0.299. The third-order valence-electron chi connectivity index (χ3n) is 2.24. The molecule has 0 atom stereocenters. The molecular formula is C12H10NO5-. The van der Waals surface area contributed by atoms with E-state index in [0.717, 1.165) is 0 Å². The number of aliphatic carboxylic acids is 1. The Labute approximate surface area is 103 Å². The number of carboxylic acids is 1. The zero-order chi connectivity index (χ0) is 13.1. The minimum Gasteiger partial charge on any atom is -0.543 e. The number of amides is 1. The molecule has 0 bridgehead atoms. The lowest BCUT2D eigenvalue weighted by Gasteiger charge is -2.09. The highest BCUT2D eigenvalue weighted by molar-refractivity contribution is 5.95. The Hall–Kier alpha value is -2.50. The molecule has 1 aliphatic rings. The van der Waals surface area contributed by atoms with Crippen LogP contribution in [-0.4, -0.2) is 18.7 Å². The summed E-state index contributed by atoms with van der Waals surface area (Å²) in [6.07, 6.45) is 1.29. The van der Waals surface area contributed by atoms with E-state index in [4.69, 9.17) is 9.47 Å². The maximum Gasteiger partial charge on any atom is 0.231 e. The van der Waals surface area contributed by atoms with E-state index in [1.807, 2.05) is 0 Å². The summed E-state index contributed by atoms with van der Waals surface area (Å²) >= 11 is 0. The SMILES string of the molecule is CC(=O)N/C(=C/c1ccc2c(c1)OCO2)C(=O)[O-]. The van der Waals surface area contributed by atoms with Crippen molar-refractivity contribution in [1.82, 2.24) is 5.32 Å². The number of benzene rings is 1. The molecule has 0 unspecified atom stereocenters. The number of carbonyl (C=O) groups is 2. The lowest BCUT2D eigenvalue weighted by atomic mass is 10.1. The van der Waals surface area contributed by atoms with Gasteiger partial charge in [-0.05, 0) is 23.8 Å². The number of fused-ring (bicyclic) bond motifs is 1.